The van der Waals surface area contributed by atoms with Crippen molar-refractivity contribution in [3.8, 4) is 0 Å². The Morgan fingerprint density at radius 1 is 1.00 bits per heavy atom. The summed E-state index contributed by atoms with van der Waals surface area (Å²) in [4.78, 5) is 15.0. The number of aryl methyl sites for hydroxylation is 2. The van der Waals surface area contributed by atoms with Crippen LogP contribution in [0.2, 0.25) is 0 Å². The largest absolute Gasteiger partial charge is 0.379 e. The molecule has 0 unspecified atom stereocenters. The van der Waals surface area contributed by atoms with E-state index in [9.17, 15) is 13.2 Å². The summed E-state index contributed by atoms with van der Waals surface area (Å²) < 4.78 is 32.7. The summed E-state index contributed by atoms with van der Waals surface area (Å²) in [5.74, 6) is 0. The van der Waals surface area contributed by atoms with Crippen molar-refractivity contribution in [2.45, 2.75) is 45.1 Å². The number of sulfonamides is 1. The zero-order valence-electron chi connectivity index (χ0n) is 19.3. The van der Waals surface area contributed by atoms with Crippen molar-refractivity contribution in [1.82, 2.24) is 9.62 Å². The van der Waals surface area contributed by atoms with E-state index >= 15 is 0 Å². The normalized spacial score (nSPS) is 18.1. The van der Waals surface area contributed by atoms with E-state index < -0.39 is 16.1 Å². The van der Waals surface area contributed by atoms with E-state index in [4.69, 9.17) is 4.74 Å². The number of rotatable bonds is 6. The molecule has 0 spiro atoms. The molecule has 0 radical (unpaired) electrons. The third kappa shape index (κ3) is 5.35. The first-order valence-corrected chi connectivity index (χ1v) is 13.6. The molecule has 180 valence electrons. The van der Waals surface area contributed by atoms with Crippen LogP contribution in [0.3, 0.4) is 0 Å². The van der Waals surface area contributed by atoms with Crippen LogP contribution in [-0.2, 0) is 47.0 Å². The predicted octanol–water partition coefficient (Wildman–Crippen LogP) is 3.62. The molecular weight excluding hydrogens is 450 g/mol. The number of carbonyl (C=O) groups is 1. The molecule has 2 aromatic carbocycles. The van der Waals surface area contributed by atoms with Gasteiger partial charge in [-0.05, 0) is 78.0 Å². The highest BCUT2D eigenvalue weighted by Crippen LogP contribution is 2.38. The van der Waals surface area contributed by atoms with Crippen LogP contribution >= 0.6 is 0 Å². The Morgan fingerprint density at radius 3 is 2.41 bits per heavy atom. The molecule has 1 aliphatic heterocycles. The molecule has 0 bridgehead atoms. The first-order chi connectivity index (χ1) is 16.5. The van der Waals surface area contributed by atoms with E-state index in [0.29, 0.717) is 0 Å². The Labute approximate surface area is 201 Å². The molecule has 2 aliphatic carbocycles. The third-order valence-corrected chi connectivity index (χ3v) is 7.81. The van der Waals surface area contributed by atoms with Crippen LogP contribution in [-0.4, -0.2) is 45.7 Å². The van der Waals surface area contributed by atoms with Gasteiger partial charge in [-0.3, -0.25) is 4.90 Å². The quantitative estimate of drug-likeness (QED) is 0.658. The van der Waals surface area contributed by atoms with Crippen LogP contribution in [0.25, 0.3) is 6.08 Å². The van der Waals surface area contributed by atoms with E-state index in [1.165, 1.54) is 28.3 Å². The fourth-order valence-corrected chi connectivity index (χ4v) is 5.96. The number of nitrogens with one attached hydrogen (secondary N) is 2. The number of fused-ring (bicyclic) bond motifs is 2. The summed E-state index contributed by atoms with van der Waals surface area (Å²) in [6.45, 7) is 4.05. The Bertz CT molecular complexity index is 1180. The lowest BCUT2D eigenvalue weighted by Gasteiger charge is -2.26. The highest BCUT2D eigenvalue weighted by molar-refractivity contribution is 7.93. The molecule has 5 rings (SSSR count). The summed E-state index contributed by atoms with van der Waals surface area (Å²) in [7, 11) is -3.94. The molecule has 0 aromatic heterocycles. The summed E-state index contributed by atoms with van der Waals surface area (Å²) in [6, 6.07) is 9.34. The van der Waals surface area contributed by atoms with E-state index in [1.54, 1.807) is 0 Å². The maximum atomic E-state index is 12.7. The number of anilines is 1. The fraction of sp³-hybridized carbons (Fsp3) is 0.423. The maximum absolute atomic E-state index is 12.7. The van der Waals surface area contributed by atoms with E-state index in [2.05, 4.69) is 21.0 Å². The standard InChI is InChI=1S/C26H31N3O4S/c30-26(27-25-23-8-2-6-21(23)17-22-7-3-9-24(22)25)28-34(31,32)15-10-19-4-1-5-20(16-19)18-29-11-13-33-14-12-29/h1,4-5,10,15-17H,2-3,6-9,11-14,18H2,(H2,27,28,30)/b15-10+. The lowest BCUT2D eigenvalue weighted by molar-refractivity contribution is 0.0342. The van der Waals surface area contributed by atoms with Gasteiger partial charge >= 0.3 is 6.03 Å². The van der Waals surface area contributed by atoms with E-state index in [-0.39, 0.29) is 0 Å². The molecule has 3 aliphatic rings. The zero-order valence-corrected chi connectivity index (χ0v) is 20.1. The van der Waals surface area contributed by atoms with Crippen LogP contribution in [0.1, 0.15) is 46.2 Å². The highest BCUT2D eigenvalue weighted by Gasteiger charge is 2.25. The number of hydrogen-bond donors (Lipinski definition) is 2. The Balaban J connectivity index is 1.24. The van der Waals surface area contributed by atoms with Gasteiger partial charge in [-0.2, -0.15) is 0 Å². The van der Waals surface area contributed by atoms with E-state index in [0.717, 1.165) is 93.6 Å². The Morgan fingerprint density at radius 2 is 1.71 bits per heavy atom. The van der Waals surface area contributed by atoms with Gasteiger partial charge in [0.1, 0.15) is 0 Å². The van der Waals surface area contributed by atoms with Crippen LogP contribution in [0.15, 0.2) is 35.7 Å². The van der Waals surface area contributed by atoms with Gasteiger partial charge in [0.2, 0.25) is 0 Å². The summed E-state index contributed by atoms with van der Waals surface area (Å²) in [6.07, 6.45) is 7.54. The monoisotopic (exact) mass is 481 g/mol. The molecule has 1 saturated heterocycles. The van der Waals surface area contributed by atoms with Gasteiger partial charge in [-0.25, -0.2) is 17.9 Å². The topological polar surface area (TPSA) is 87.7 Å². The molecule has 2 aromatic rings. The lowest BCUT2D eigenvalue weighted by Crippen LogP contribution is -2.35. The number of hydrogen-bond acceptors (Lipinski definition) is 5. The second-order valence-electron chi connectivity index (χ2n) is 9.27. The molecular formula is C26H31N3O4S. The van der Waals surface area contributed by atoms with Gasteiger partial charge in [-0.15, -0.1) is 0 Å². The van der Waals surface area contributed by atoms with Gasteiger partial charge in [-0.1, -0.05) is 30.3 Å². The molecule has 8 heteroatoms. The van der Waals surface area contributed by atoms with Crippen LogP contribution in [0.4, 0.5) is 10.5 Å². The summed E-state index contributed by atoms with van der Waals surface area (Å²) >= 11 is 0. The van der Waals surface area contributed by atoms with Crippen LogP contribution in [0.5, 0.6) is 0 Å². The molecule has 1 fully saturated rings. The molecule has 2 N–H and O–H groups in total. The van der Waals surface area contributed by atoms with Gasteiger partial charge in [0.15, 0.2) is 0 Å². The van der Waals surface area contributed by atoms with Crippen molar-refractivity contribution in [3.63, 3.8) is 0 Å². The highest BCUT2D eigenvalue weighted by atomic mass is 32.2. The molecule has 2 amide bonds. The zero-order chi connectivity index (χ0) is 23.5. The fourth-order valence-electron chi connectivity index (χ4n) is 5.25. The van der Waals surface area contributed by atoms with Gasteiger partial charge in [0, 0.05) is 25.3 Å². The minimum Gasteiger partial charge on any atom is -0.379 e. The first-order valence-electron chi connectivity index (χ1n) is 12.0. The summed E-state index contributed by atoms with van der Waals surface area (Å²) in [5.41, 5.74) is 7.62. The number of morpholine rings is 1. The summed E-state index contributed by atoms with van der Waals surface area (Å²) in [5, 5.41) is 3.93. The predicted molar refractivity (Wildman–Crippen MR) is 133 cm³/mol. The van der Waals surface area contributed by atoms with Gasteiger partial charge < -0.3 is 10.1 Å². The number of benzene rings is 2. The molecule has 34 heavy (non-hydrogen) atoms. The lowest BCUT2D eigenvalue weighted by atomic mass is 9.99. The number of urea groups is 1. The number of ether oxygens (including phenoxy) is 1. The minimum atomic E-state index is -3.94. The minimum absolute atomic E-state index is 0.708. The van der Waals surface area contributed by atoms with Gasteiger partial charge in [0.25, 0.3) is 10.0 Å². The van der Waals surface area contributed by atoms with Crippen molar-refractivity contribution in [2.24, 2.45) is 0 Å². The van der Waals surface area contributed by atoms with Crippen molar-refractivity contribution in [2.75, 3.05) is 31.6 Å². The molecule has 0 saturated carbocycles. The van der Waals surface area contributed by atoms with Crippen LogP contribution in [0, 0.1) is 0 Å². The third-order valence-electron chi connectivity index (χ3n) is 6.85. The first kappa shape index (κ1) is 23.1. The average Bonchev–Trinajstić information content (AvgIpc) is 3.48. The van der Waals surface area contributed by atoms with Crippen molar-refractivity contribution >= 4 is 27.8 Å². The SMILES string of the molecule is O=C(Nc1c2c(cc3c1CCC3)CCC2)NS(=O)(=O)/C=C/c1cccc(CN2CCOCC2)c1. The Hall–Kier alpha value is -2.68. The number of amides is 2. The average molecular weight is 482 g/mol. The maximum Gasteiger partial charge on any atom is 0.333 e. The van der Waals surface area contributed by atoms with E-state index in [1.807, 2.05) is 24.3 Å². The Kier molecular flexibility index (Phi) is 6.72. The molecule has 1 heterocycles. The smallest absolute Gasteiger partial charge is 0.333 e. The number of carbonyl (C=O) groups excluding carboxylic acids is 1. The second kappa shape index (κ2) is 9.90. The van der Waals surface area contributed by atoms with Crippen LogP contribution < -0.4 is 10.0 Å². The van der Waals surface area contributed by atoms with Crippen molar-refractivity contribution in [3.05, 3.63) is 69.1 Å². The molecule has 0 atom stereocenters. The molecule has 7 nitrogen and oxygen atoms in total. The second-order valence-corrected chi connectivity index (χ2v) is 10.8. The van der Waals surface area contributed by atoms with Gasteiger partial charge in [0.05, 0.1) is 18.6 Å². The van der Waals surface area contributed by atoms with Crippen molar-refractivity contribution in [1.29, 1.82) is 0 Å². The number of nitrogens with zero attached hydrogens (tertiary/aromatic N) is 1. The van der Waals surface area contributed by atoms with Crippen molar-refractivity contribution < 1.29 is 17.9 Å².